The van der Waals surface area contributed by atoms with Crippen molar-refractivity contribution in [1.29, 1.82) is 0 Å². The molecule has 6 nitrogen and oxygen atoms in total. The molecule has 1 saturated carbocycles. The highest BCUT2D eigenvalue weighted by atomic mass is 35.5. The summed E-state index contributed by atoms with van der Waals surface area (Å²) >= 11 is 6.60. The largest absolute Gasteiger partial charge is 0.478 e. The van der Waals surface area contributed by atoms with Crippen LogP contribution in [-0.2, 0) is 11.3 Å². The number of rotatable bonds is 11. The fourth-order valence-electron chi connectivity index (χ4n) is 6.72. The highest BCUT2D eigenvalue weighted by Crippen LogP contribution is 2.47. The molecule has 1 aromatic heterocycles. The summed E-state index contributed by atoms with van der Waals surface area (Å²) < 4.78 is 7.65. The maximum Gasteiger partial charge on any atom is 0.335 e. The second-order valence-electron chi connectivity index (χ2n) is 11.1. The smallest absolute Gasteiger partial charge is 0.335 e. The summed E-state index contributed by atoms with van der Waals surface area (Å²) in [7, 11) is 1.76. The molecule has 0 radical (unpaired) electrons. The van der Waals surface area contributed by atoms with Crippen molar-refractivity contribution in [3.63, 3.8) is 0 Å². The molecule has 3 aromatic rings. The van der Waals surface area contributed by atoms with Crippen LogP contribution in [0.2, 0.25) is 5.02 Å². The lowest BCUT2D eigenvalue weighted by Crippen LogP contribution is -2.32. The summed E-state index contributed by atoms with van der Waals surface area (Å²) in [6.45, 7) is 8.81. The molecule has 39 heavy (non-hydrogen) atoms. The van der Waals surface area contributed by atoms with Crippen LogP contribution in [0.25, 0.3) is 22.2 Å². The quantitative estimate of drug-likeness (QED) is 0.254. The van der Waals surface area contributed by atoms with Crippen molar-refractivity contribution >= 4 is 34.2 Å². The Bertz CT molecular complexity index is 1300. The minimum atomic E-state index is -0.875. The van der Waals surface area contributed by atoms with E-state index in [4.69, 9.17) is 16.3 Å². The van der Waals surface area contributed by atoms with Crippen molar-refractivity contribution < 1.29 is 14.6 Å². The molecule has 1 fully saturated rings. The summed E-state index contributed by atoms with van der Waals surface area (Å²) in [6, 6.07) is 12.0. The highest BCUT2D eigenvalue weighted by Gasteiger charge is 2.30. The molecule has 210 valence electrons. The van der Waals surface area contributed by atoms with Crippen LogP contribution in [0.1, 0.15) is 73.7 Å². The number of carboxylic acid groups (broad SMARTS) is 1. The highest BCUT2D eigenvalue weighted by molar-refractivity contribution is 6.31. The molecule has 0 amide bonds. The monoisotopic (exact) mass is 551 g/mol. The van der Waals surface area contributed by atoms with E-state index in [1.165, 1.54) is 60.0 Å². The first kappa shape index (κ1) is 28.0. The van der Waals surface area contributed by atoms with Gasteiger partial charge >= 0.3 is 5.97 Å². The van der Waals surface area contributed by atoms with Crippen LogP contribution in [0.15, 0.2) is 36.4 Å². The lowest BCUT2D eigenvalue weighted by Gasteiger charge is -2.28. The van der Waals surface area contributed by atoms with Crippen molar-refractivity contribution in [3.8, 4) is 11.3 Å². The number of carbonyl (C=O) groups is 1. The standard InChI is InChI=1S/C32H42ClN3O3/c1-3-34(16-8-20-39-2)15-7-17-35-18-19-36-29-21-24(32(37)38)11-13-26(29)30(23-9-5-4-6-10-23)31(36)27-14-12-25(33)22-28(27)35/h11-14,21-23H,3-10,15-20H2,1-2H3,(H,37,38). The van der Waals surface area contributed by atoms with Crippen LogP contribution >= 0.6 is 11.6 Å². The summed E-state index contributed by atoms with van der Waals surface area (Å²) in [6.07, 6.45) is 8.31. The van der Waals surface area contributed by atoms with Gasteiger partial charge in [0.15, 0.2) is 0 Å². The zero-order valence-electron chi connectivity index (χ0n) is 23.4. The second-order valence-corrected chi connectivity index (χ2v) is 11.5. The number of nitrogens with zero attached hydrogens (tertiary/aromatic N) is 3. The Hall–Kier alpha value is -2.54. The normalized spacial score (nSPS) is 15.9. The first-order chi connectivity index (χ1) is 19.0. The maximum atomic E-state index is 11.9. The number of aromatic nitrogens is 1. The van der Waals surface area contributed by atoms with Gasteiger partial charge in [-0.05, 0) is 80.6 Å². The molecule has 5 rings (SSSR count). The molecule has 2 heterocycles. The van der Waals surface area contributed by atoms with Crippen molar-refractivity contribution in [2.24, 2.45) is 0 Å². The summed E-state index contributed by atoms with van der Waals surface area (Å²) in [5, 5.41) is 11.7. The van der Waals surface area contributed by atoms with Gasteiger partial charge in [-0.25, -0.2) is 4.79 Å². The number of benzene rings is 2. The number of aromatic carboxylic acids is 1. The molecule has 1 aliphatic carbocycles. The fourth-order valence-corrected chi connectivity index (χ4v) is 6.89. The van der Waals surface area contributed by atoms with E-state index < -0.39 is 5.97 Å². The first-order valence-corrected chi connectivity index (χ1v) is 15.0. The van der Waals surface area contributed by atoms with Crippen LogP contribution in [-0.4, -0.2) is 67.0 Å². The summed E-state index contributed by atoms with van der Waals surface area (Å²) in [4.78, 5) is 16.9. The zero-order valence-corrected chi connectivity index (χ0v) is 24.2. The van der Waals surface area contributed by atoms with Gasteiger partial charge in [-0.2, -0.15) is 0 Å². The minimum absolute atomic E-state index is 0.351. The fraction of sp³-hybridized carbons (Fsp3) is 0.531. The van der Waals surface area contributed by atoms with E-state index >= 15 is 0 Å². The molecule has 7 heteroatoms. The summed E-state index contributed by atoms with van der Waals surface area (Å²) in [5.74, 6) is -0.381. The van der Waals surface area contributed by atoms with Crippen LogP contribution < -0.4 is 4.90 Å². The molecule has 0 saturated heterocycles. The Morgan fingerprint density at radius 2 is 1.87 bits per heavy atom. The molecular weight excluding hydrogens is 510 g/mol. The Kier molecular flexibility index (Phi) is 9.16. The lowest BCUT2D eigenvalue weighted by molar-refractivity contribution is 0.0697. The third kappa shape index (κ3) is 5.98. The predicted molar refractivity (Wildman–Crippen MR) is 161 cm³/mol. The van der Waals surface area contributed by atoms with E-state index in [1.807, 2.05) is 12.1 Å². The van der Waals surface area contributed by atoms with Crippen molar-refractivity contribution in [1.82, 2.24) is 9.47 Å². The van der Waals surface area contributed by atoms with Crippen molar-refractivity contribution in [2.45, 2.75) is 64.3 Å². The van der Waals surface area contributed by atoms with Gasteiger partial charge in [-0.1, -0.05) is 43.9 Å². The number of hydrogen-bond donors (Lipinski definition) is 1. The minimum Gasteiger partial charge on any atom is -0.478 e. The van der Waals surface area contributed by atoms with E-state index in [1.54, 1.807) is 13.2 Å². The van der Waals surface area contributed by atoms with Gasteiger partial charge in [-0.3, -0.25) is 0 Å². The first-order valence-electron chi connectivity index (χ1n) is 14.7. The topological polar surface area (TPSA) is 57.9 Å². The molecule has 2 aliphatic rings. The molecule has 1 N–H and O–H groups in total. The zero-order chi connectivity index (χ0) is 27.4. The Labute approximate surface area is 237 Å². The number of carboxylic acids is 1. The Morgan fingerprint density at radius 3 is 2.62 bits per heavy atom. The average Bonchev–Trinajstić information content (AvgIpc) is 3.18. The summed E-state index contributed by atoms with van der Waals surface area (Å²) in [5.41, 5.74) is 6.48. The van der Waals surface area contributed by atoms with Gasteiger partial charge in [-0.15, -0.1) is 0 Å². The molecule has 0 atom stereocenters. The van der Waals surface area contributed by atoms with Crippen molar-refractivity contribution in [3.05, 3.63) is 52.5 Å². The molecule has 0 spiro atoms. The number of fused-ring (bicyclic) bond motifs is 5. The lowest BCUT2D eigenvalue weighted by atomic mass is 9.81. The van der Waals surface area contributed by atoms with E-state index in [-0.39, 0.29) is 0 Å². The second kappa shape index (κ2) is 12.8. The third-order valence-electron chi connectivity index (χ3n) is 8.69. The van der Waals surface area contributed by atoms with Crippen LogP contribution in [0, 0.1) is 0 Å². The van der Waals surface area contributed by atoms with Gasteiger partial charge in [0.25, 0.3) is 0 Å². The molecule has 1 aliphatic heterocycles. The predicted octanol–water partition coefficient (Wildman–Crippen LogP) is 7.28. The van der Waals surface area contributed by atoms with E-state index in [0.717, 1.165) is 69.3 Å². The van der Waals surface area contributed by atoms with E-state index in [9.17, 15) is 9.90 Å². The Balaban J connectivity index is 1.53. The number of hydrogen-bond acceptors (Lipinski definition) is 4. The van der Waals surface area contributed by atoms with Gasteiger partial charge in [0.2, 0.25) is 0 Å². The number of ether oxygens (including phenoxy) is 1. The van der Waals surface area contributed by atoms with Gasteiger partial charge < -0.3 is 24.2 Å². The van der Waals surface area contributed by atoms with Gasteiger partial charge in [0, 0.05) is 67.1 Å². The van der Waals surface area contributed by atoms with E-state index in [2.05, 4.69) is 39.5 Å². The maximum absolute atomic E-state index is 11.9. The number of halogens is 1. The number of methoxy groups -OCH3 is 1. The SMILES string of the molecule is CCN(CCCOC)CCCN1CCn2c(c(C3CCCCC3)c3ccc(C(=O)O)cc32)-c2ccc(Cl)cc21. The van der Waals surface area contributed by atoms with Crippen LogP contribution in [0.5, 0.6) is 0 Å². The molecule has 2 aromatic carbocycles. The van der Waals surface area contributed by atoms with Gasteiger partial charge in [0.1, 0.15) is 0 Å². The van der Waals surface area contributed by atoms with E-state index in [0.29, 0.717) is 11.5 Å². The van der Waals surface area contributed by atoms with Crippen LogP contribution in [0.4, 0.5) is 5.69 Å². The van der Waals surface area contributed by atoms with Crippen LogP contribution in [0.3, 0.4) is 0 Å². The average molecular weight is 552 g/mol. The molecule has 0 bridgehead atoms. The molecule has 0 unspecified atom stereocenters. The Morgan fingerprint density at radius 1 is 1.08 bits per heavy atom. The van der Waals surface area contributed by atoms with Crippen molar-refractivity contribution in [2.75, 3.05) is 51.3 Å². The third-order valence-corrected chi connectivity index (χ3v) is 8.92. The van der Waals surface area contributed by atoms with Gasteiger partial charge in [0.05, 0.1) is 11.3 Å². The molecular formula is C32H42ClN3O3. The number of anilines is 1.